The van der Waals surface area contributed by atoms with Crippen molar-refractivity contribution in [3.05, 3.63) is 199 Å². The summed E-state index contributed by atoms with van der Waals surface area (Å²) in [6.07, 6.45) is 0. The van der Waals surface area contributed by atoms with Crippen LogP contribution >= 0.6 is 0 Å². The van der Waals surface area contributed by atoms with Gasteiger partial charge in [0.2, 0.25) is 0 Å². The molecule has 1 unspecified atom stereocenters. The van der Waals surface area contributed by atoms with Crippen LogP contribution in [0.15, 0.2) is 187 Å². The Bertz CT molecular complexity index is 2440. The Balaban J connectivity index is 1.27. The molecule has 0 saturated carbocycles. The molecule has 9 rings (SSSR count). The van der Waals surface area contributed by atoms with Gasteiger partial charge < -0.3 is 5.32 Å². The number of amidine groups is 1. The van der Waals surface area contributed by atoms with Crippen LogP contribution in [0, 0.1) is 0 Å². The number of nitrogens with zero attached hydrogens (tertiary/aromatic N) is 3. The topological polar surface area (TPSA) is 50.2 Å². The van der Waals surface area contributed by atoms with Crippen molar-refractivity contribution in [1.82, 2.24) is 15.3 Å². The van der Waals surface area contributed by atoms with E-state index in [2.05, 4.69) is 145 Å². The molecule has 0 radical (unpaired) electrons. The van der Waals surface area contributed by atoms with Crippen LogP contribution < -0.4 is 5.32 Å². The average Bonchev–Trinajstić information content (AvgIpc) is 3.21. The number of nitrogens with one attached hydrogen (secondary N) is 1. The first-order chi connectivity index (χ1) is 24.8. The van der Waals surface area contributed by atoms with E-state index in [0.29, 0.717) is 5.82 Å². The van der Waals surface area contributed by atoms with Crippen LogP contribution in [0.5, 0.6) is 0 Å². The number of benzene rings is 7. The van der Waals surface area contributed by atoms with Crippen LogP contribution in [0.1, 0.15) is 22.7 Å². The standard InChI is InChI=1S/C46H32N4/c1-5-15-31(16-6-1)36-27-37(45-47-41(33-18-7-2-8-19-33)30-42(48-45)34-20-9-3-10-21-34)29-38(28-36)46-49-43(35-22-11-4-12-23-35)40-26-25-32-17-13-14-24-39(32)44(40)50-46/h1-30,43H,(H,49,50). The molecule has 0 amide bonds. The maximum atomic E-state index is 5.38. The molecule has 0 saturated heterocycles. The minimum atomic E-state index is -0.0746. The fraction of sp³-hybridized carbons (Fsp3) is 0.0217. The molecule has 0 aliphatic carbocycles. The minimum Gasteiger partial charge on any atom is -0.359 e. The molecule has 236 valence electrons. The van der Waals surface area contributed by atoms with Crippen molar-refractivity contribution >= 4 is 22.3 Å². The van der Waals surface area contributed by atoms with Crippen molar-refractivity contribution in [3.63, 3.8) is 0 Å². The third-order valence-corrected chi connectivity index (χ3v) is 9.32. The van der Waals surface area contributed by atoms with Gasteiger partial charge in [-0.05, 0) is 46.3 Å². The Kier molecular flexibility index (Phi) is 7.52. The summed E-state index contributed by atoms with van der Waals surface area (Å²) >= 11 is 0. The van der Waals surface area contributed by atoms with Gasteiger partial charge in [0.25, 0.3) is 0 Å². The van der Waals surface area contributed by atoms with E-state index in [1.54, 1.807) is 0 Å². The molecule has 50 heavy (non-hydrogen) atoms. The van der Waals surface area contributed by atoms with Gasteiger partial charge in [-0.15, -0.1) is 0 Å². The molecule has 7 aromatic carbocycles. The normalized spacial score (nSPS) is 13.7. The quantitative estimate of drug-likeness (QED) is 0.197. The Morgan fingerprint density at radius 2 is 0.960 bits per heavy atom. The second-order valence-corrected chi connectivity index (χ2v) is 12.5. The monoisotopic (exact) mass is 640 g/mol. The predicted molar refractivity (Wildman–Crippen MR) is 205 cm³/mol. The SMILES string of the molecule is c1ccc(-c2cc(C3=Nc4c(ccc5ccccc45)C(c4ccccc4)N3)cc(-c3nc(-c4ccccc4)cc(-c4ccccc4)n3)c2)cc1. The van der Waals surface area contributed by atoms with Crippen LogP contribution in [0.3, 0.4) is 0 Å². The second-order valence-electron chi connectivity index (χ2n) is 12.5. The molecule has 1 aromatic heterocycles. The molecule has 1 aliphatic heterocycles. The number of fused-ring (bicyclic) bond motifs is 3. The minimum absolute atomic E-state index is 0.0746. The smallest absolute Gasteiger partial charge is 0.160 e. The van der Waals surface area contributed by atoms with Crippen molar-refractivity contribution in [2.45, 2.75) is 6.04 Å². The molecule has 1 aliphatic rings. The highest BCUT2D eigenvalue weighted by molar-refractivity contribution is 6.07. The van der Waals surface area contributed by atoms with Gasteiger partial charge in [0.1, 0.15) is 5.84 Å². The third kappa shape index (κ3) is 5.63. The Morgan fingerprint density at radius 1 is 0.420 bits per heavy atom. The lowest BCUT2D eigenvalue weighted by molar-refractivity contribution is 0.751. The van der Waals surface area contributed by atoms with Gasteiger partial charge >= 0.3 is 0 Å². The summed E-state index contributed by atoms with van der Waals surface area (Å²) in [5.74, 6) is 1.47. The van der Waals surface area contributed by atoms with Crippen LogP contribution in [-0.2, 0) is 0 Å². The van der Waals surface area contributed by atoms with Gasteiger partial charge in [-0.2, -0.15) is 0 Å². The van der Waals surface area contributed by atoms with Crippen molar-refractivity contribution in [2.75, 3.05) is 0 Å². The summed E-state index contributed by atoms with van der Waals surface area (Å²) in [6.45, 7) is 0. The van der Waals surface area contributed by atoms with Crippen LogP contribution in [0.25, 0.3) is 55.8 Å². The summed E-state index contributed by atoms with van der Waals surface area (Å²) in [6, 6.07) is 63.2. The molecule has 0 fully saturated rings. The largest absolute Gasteiger partial charge is 0.359 e. The molecule has 4 heteroatoms. The van der Waals surface area contributed by atoms with Crippen LogP contribution in [0.2, 0.25) is 0 Å². The highest BCUT2D eigenvalue weighted by atomic mass is 15.1. The van der Waals surface area contributed by atoms with Crippen molar-refractivity contribution < 1.29 is 0 Å². The van der Waals surface area contributed by atoms with E-state index in [0.717, 1.165) is 67.2 Å². The first-order valence-electron chi connectivity index (χ1n) is 16.9. The number of aliphatic imine (C=N–C) groups is 1. The van der Waals surface area contributed by atoms with Gasteiger partial charge in [0.15, 0.2) is 5.82 Å². The summed E-state index contributed by atoms with van der Waals surface area (Å²) in [7, 11) is 0. The molecule has 1 N–H and O–H groups in total. The molecular weight excluding hydrogens is 609 g/mol. The van der Waals surface area contributed by atoms with Gasteiger partial charge in [0, 0.05) is 33.2 Å². The molecule has 4 nitrogen and oxygen atoms in total. The first-order valence-corrected chi connectivity index (χ1v) is 16.9. The zero-order chi connectivity index (χ0) is 33.3. The van der Waals surface area contributed by atoms with E-state index < -0.39 is 0 Å². The zero-order valence-corrected chi connectivity index (χ0v) is 27.2. The van der Waals surface area contributed by atoms with E-state index in [9.17, 15) is 0 Å². The summed E-state index contributed by atoms with van der Waals surface area (Å²) in [5.41, 5.74) is 11.2. The second kappa shape index (κ2) is 12.8. The maximum absolute atomic E-state index is 5.38. The van der Waals surface area contributed by atoms with Crippen molar-refractivity contribution in [3.8, 4) is 45.0 Å². The Hall–Kier alpha value is -6.65. The fourth-order valence-corrected chi connectivity index (χ4v) is 6.83. The first kappa shape index (κ1) is 29.5. The van der Waals surface area contributed by atoms with Crippen molar-refractivity contribution in [2.24, 2.45) is 4.99 Å². The number of rotatable bonds is 6. The zero-order valence-electron chi connectivity index (χ0n) is 27.2. The lowest BCUT2D eigenvalue weighted by Gasteiger charge is -2.29. The lowest BCUT2D eigenvalue weighted by Crippen LogP contribution is -2.33. The van der Waals surface area contributed by atoms with Gasteiger partial charge in [-0.3, -0.25) is 0 Å². The number of hydrogen-bond acceptors (Lipinski definition) is 4. The van der Waals surface area contributed by atoms with Gasteiger partial charge in [0.05, 0.1) is 23.1 Å². The fourth-order valence-electron chi connectivity index (χ4n) is 6.83. The van der Waals surface area contributed by atoms with Gasteiger partial charge in [-0.1, -0.05) is 158 Å². The van der Waals surface area contributed by atoms with E-state index in [1.807, 2.05) is 42.5 Å². The van der Waals surface area contributed by atoms with E-state index in [1.165, 1.54) is 10.9 Å². The van der Waals surface area contributed by atoms with Gasteiger partial charge in [-0.25, -0.2) is 15.0 Å². The molecule has 2 heterocycles. The molecule has 1 atom stereocenters. The van der Waals surface area contributed by atoms with E-state index >= 15 is 0 Å². The van der Waals surface area contributed by atoms with E-state index in [-0.39, 0.29) is 6.04 Å². The molecule has 0 bridgehead atoms. The number of hydrogen-bond donors (Lipinski definition) is 1. The Labute approximate surface area is 291 Å². The molecule has 0 spiro atoms. The maximum Gasteiger partial charge on any atom is 0.160 e. The summed E-state index contributed by atoms with van der Waals surface area (Å²) < 4.78 is 0. The summed E-state index contributed by atoms with van der Waals surface area (Å²) in [5, 5.41) is 6.15. The summed E-state index contributed by atoms with van der Waals surface area (Å²) in [4.78, 5) is 15.8. The lowest BCUT2D eigenvalue weighted by atomic mass is 9.91. The predicted octanol–water partition coefficient (Wildman–Crippen LogP) is 11.1. The Morgan fingerprint density at radius 3 is 1.62 bits per heavy atom. The number of aromatic nitrogens is 2. The average molecular weight is 641 g/mol. The van der Waals surface area contributed by atoms with E-state index in [4.69, 9.17) is 15.0 Å². The molecule has 8 aromatic rings. The van der Waals surface area contributed by atoms with Crippen LogP contribution in [-0.4, -0.2) is 15.8 Å². The highest BCUT2D eigenvalue weighted by Gasteiger charge is 2.26. The van der Waals surface area contributed by atoms with Crippen LogP contribution in [0.4, 0.5) is 5.69 Å². The van der Waals surface area contributed by atoms with Crippen molar-refractivity contribution in [1.29, 1.82) is 0 Å². The molecular formula is C46H32N4. The third-order valence-electron chi connectivity index (χ3n) is 9.32. The highest BCUT2D eigenvalue weighted by Crippen LogP contribution is 2.40.